The molecule has 2 amide bonds. The Morgan fingerprint density at radius 2 is 2.17 bits per heavy atom. The highest BCUT2D eigenvalue weighted by atomic mass is 32.1. The molecule has 4 heterocycles. The number of thiophene rings is 1. The van der Waals surface area contributed by atoms with Gasteiger partial charge in [0.1, 0.15) is 0 Å². The predicted molar refractivity (Wildman–Crippen MR) is 114 cm³/mol. The lowest BCUT2D eigenvalue weighted by Gasteiger charge is -2.27. The van der Waals surface area contributed by atoms with Crippen molar-refractivity contribution >= 4 is 23.2 Å². The first-order chi connectivity index (χ1) is 14.0. The number of amides is 2. The minimum absolute atomic E-state index is 0.0314. The molecule has 2 aliphatic heterocycles. The summed E-state index contributed by atoms with van der Waals surface area (Å²) in [5.74, 6) is 0.0803. The fraction of sp³-hybridized carbons (Fsp3) is 0.500. The standard InChI is InChI=1S/C22H28N4O2S/c1-3-16-4-5-17(23-10-16)11-25-8-7-19-20(14-29-21(19)13-25)22(28)26-9-6-18(12-26)24-15(2)27/h4-5,10,14,18H,3,6-9,11-13H2,1-2H3,(H,24,27)/t18-/m0/s1. The number of carbonyl (C=O) groups excluding carboxylic acids is 2. The number of hydrogen-bond acceptors (Lipinski definition) is 5. The van der Waals surface area contributed by atoms with E-state index in [1.54, 1.807) is 11.3 Å². The summed E-state index contributed by atoms with van der Waals surface area (Å²) in [5, 5.41) is 4.95. The molecule has 0 saturated carbocycles. The van der Waals surface area contributed by atoms with Crippen LogP contribution in [-0.4, -0.2) is 52.3 Å². The van der Waals surface area contributed by atoms with Gasteiger partial charge in [0, 0.05) is 62.1 Å². The first-order valence-corrected chi connectivity index (χ1v) is 11.2. The van der Waals surface area contributed by atoms with Crippen LogP contribution in [0.4, 0.5) is 0 Å². The van der Waals surface area contributed by atoms with Crippen LogP contribution < -0.4 is 5.32 Å². The first kappa shape index (κ1) is 20.0. The Labute approximate surface area is 175 Å². The number of carbonyl (C=O) groups is 2. The highest BCUT2D eigenvalue weighted by Crippen LogP contribution is 2.31. The molecule has 29 heavy (non-hydrogen) atoms. The third kappa shape index (κ3) is 4.51. The molecule has 1 saturated heterocycles. The molecule has 154 valence electrons. The summed E-state index contributed by atoms with van der Waals surface area (Å²) >= 11 is 1.69. The highest BCUT2D eigenvalue weighted by Gasteiger charge is 2.31. The number of nitrogens with zero attached hydrogens (tertiary/aromatic N) is 3. The van der Waals surface area contributed by atoms with E-state index in [4.69, 9.17) is 0 Å². The molecule has 2 aromatic rings. The number of likely N-dealkylation sites (tertiary alicyclic amines) is 1. The molecule has 0 spiro atoms. The van der Waals surface area contributed by atoms with E-state index in [2.05, 4.69) is 34.3 Å². The van der Waals surface area contributed by atoms with Crippen LogP contribution in [0, 0.1) is 0 Å². The van der Waals surface area contributed by atoms with Gasteiger partial charge >= 0.3 is 0 Å². The Balaban J connectivity index is 1.39. The molecule has 1 fully saturated rings. The zero-order valence-corrected chi connectivity index (χ0v) is 17.9. The molecule has 0 unspecified atom stereocenters. The van der Waals surface area contributed by atoms with Gasteiger partial charge in [-0.2, -0.15) is 0 Å². The molecule has 2 aromatic heterocycles. The minimum atomic E-state index is -0.0314. The lowest BCUT2D eigenvalue weighted by atomic mass is 10.0. The van der Waals surface area contributed by atoms with Crippen molar-refractivity contribution in [2.45, 2.75) is 52.2 Å². The van der Waals surface area contributed by atoms with Crippen LogP contribution >= 0.6 is 11.3 Å². The van der Waals surface area contributed by atoms with Gasteiger partial charge in [-0.3, -0.25) is 19.5 Å². The van der Waals surface area contributed by atoms with E-state index >= 15 is 0 Å². The second-order valence-corrected chi connectivity index (χ2v) is 8.92. The van der Waals surface area contributed by atoms with E-state index < -0.39 is 0 Å². The maximum absolute atomic E-state index is 13.0. The lowest BCUT2D eigenvalue weighted by molar-refractivity contribution is -0.119. The van der Waals surface area contributed by atoms with Crippen molar-refractivity contribution < 1.29 is 9.59 Å². The molecule has 4 rings (SSSR count). The summed E-state index contributed by atoms with van der Waals surface area (Å²) in [6.07, 6.45) is 4.71. The molecule has 0 radical (unpaired) electrons. The summed E-state index contributed by atoms with van der Waals surface area (Å²) in [6, 6.07) is 4.36. The average molecular weight is 413 g/mol. The second-order valence-electron chi connectivity index (χ2n) is 7.96. The number of fused-ring (bicyclic) bond motifs is 1. The van der Waals surface area contributed by atoms with Gasteiger partial charge in [0.05, 0.1) is 11.3 Å². The van der Waals surface area contributed by atoms with Gasteiger partial charge in [-0.05, 0) is 36.5 Å². The summed E-state index contributed by atoms with van der Waals surface area (Å²) in [4.78, 5) is 34.5. The number of aryl methyl sites for hydroxylation is 1. The molecule has 1 N–H and O–H groups in total. The van der Waals surface area contributed by atoms with Crippen molar-refractivity contribution in [1.29, 1.82) is 0 Å². The zero-order chi connectivity index (χ0) is 20.4. The molecular weight excluding hydrogens is 384 g/mol. The zero-order valence-electron chi connectivity index (χ0n) is 17.1. The molecule has 0 aromatic carbocycles. The molecular formula is C22H28N4O2S. The normalized spacial score (nSPS) is 19.2. The van der Waals surface area contributed by atoms with E-state index in [1.807, 2.05) is 16.5 Å². The summed E-state index contributed by atoms with van der Waals surface area (Å²) in [7, 11) is 0. The topological polar surface area (TPSA) is 65.5 Å². The molecule has 0 bridgehead atoms. The third-order valence-electron chi connectivity index (χ3n) is 5.82. The van der Waals surface area contributed by atoms with Gasteiger partial charge in [0.15, 0.2) is 0 Å². The third-order valence-corrected chi connectivity index (χ3v) is 6.83. The van der Waals surface area contributed by atoms with Crippen molar-refractivity contribution in [2.24, 2.45) is 0 Å². The van der Waals surface area contributed by atoms with Crippen LogP contribution in [0.1, 0.15) is 52.3 Å². The van der Waals surface area contributed by atoms with E-state index in [1.165, 1.54) is 22.9 Å². The highest BCUT2D eigenvalue weighted by molar-refractivity contribution is 7.10. The SMILES string of the molecule is CCc1ccc(CN2CCc3c(C(=O)N4CC[C@H](NC(C)=O)C4)csc3C2)nc1. The number of hydrogen-bond donors (Lipinski definition) is 1. The van der Waals surface area contributed by atoms with Crippen molar-refractivity contribution in [3.63, 3.8) is 0 Å². The van der Waals surface area contributed by atoms with E-state index in [0.717, 1.165) is 50.2 Å². The van der Waals surface area contributed by atoms with Crippen molar-refractivity contribution in [2.75, 3.05) is 19.6 Å². The van der Waals surface area contributed by atoms with Crippen molar-refractivity contribution in [3.05, 3.63) is 51.0 Å². The quantitative estimate of drug-likeness (QED) is 0.820. The van der Waals surface area contributed by atoms with Gasteiger partial charge in [-0.1, -0.05) is 13.0 Å². The number of aromatic nitrogens is 1. The number of nitrogens with one attached hydrogen (secondary N) is 1. The Morgan fingerprint density at radius 1 is 1.31 bits per heavy atom. The summed E-state index contributed by atoms with van der Waals surface area (Å²) < 4.78 is 0. The Bertz CT molecular complexity index is 893. The van der Waals surface area contributed by atoms with Gasteiger partial charge < -0.3 is 10.2 Å². The summed E-state index contributed by atoms with van der Waals surface area (Å²) in [5.41, 5.74) is 4.44. The maximum Gasteiger partial charge on any atom is 0.255 e. The number of pyridine rings is 1. The van der Waals surface area contributed by atoms with Gasteiger partial charge in [-0.25, -0.2) is 0 Å². The second kappa shape index (κ2) is 8.63. The van der Waals surface area contributed by atoms with Crippen LogP contribution in [0.25, 0.3) is 0 Å². The lowest BCUT2D eigenvalue weighted by Crippen LogP contribution is -2.37. The molecule has 0 aliphatic carbocycles. The van der Waals surface area contributed by atoms with Gasteiger partial charge in [-0.15, -0.1) is 11.3 Å². The monoisotopic (exact) mass is 412 g/mol. The minimum Gasteiger partial charge on any atom is -0.352 e. The summed E-state index contributed by atoms with van der Waals surface area (Å²) in [6.45, 7) is 7.64. The smallest absolute Gasteiger partial charge is 0.255 e. The van der Waals surface area contributed by atoms with Crippen LogP contribution in [0.15, 0.2) is 23.7 Å². The predicted octanol–water partition coefficient (Wildman–Crippen LogP) is 2.61. The van der Waals surface area contributed by atoms with Gasteiger partial charge in [0.25, 0.3) is 5.91 Å². The van der Waals surface area contributed by atoms with E-state index in [9.17, 15) is 9.59 Å². The fourth-order valence-corrected chi connectivity index (χ4v) is 5.32. The van der Waals surface area contributed by atoms with Crippen LogP contribution in [0.2, 0.25) is 0 Å². The van der Waals surface area contributed by atoms with Crippen LogP contribution in [0.5, 0.6) is 0 Å². The largest absolute Gasteiger partial charge is 0.352 e. The number of rotatable bonds is 5. The Hall–Kier alpha value is -2.25. The first-order valence-electron chi connectivity index (χ1n) is 10.3. The fourth-order valence-electron chi connectivity index (χ4n) is 4.20. The molecule has 1 atom stereocenters. The Kier molecular flexibility index (Phi) is 5.96. The average Bonchev–Trinajstić information content (AvgIpc) is 3.34. The molecule has 6 nitrogen and oxygen atoms in total. The van der Waals surface area contributed by atoms with Crippen LogP contribution in [0.3, 0.4) is 0 Å². The molecule has 2 aliphatic rings. The van der Waals surface area contributed by atoms with E-state index in [0.29, 0.717) is 13.1 Å². The van der Waals surface area contributed by atoms with Gasteiger partial charge in [0.2, 0.25) is 5.91 Å². The van der Waals surface area contributed by atoms with Crippen molar-refractivity contribution in [3.8, 4) is 0 Å². The molecule has 7 heteroatoms. The Morgan fingerprint density at radius 3 is 2.90 bits per heavy atom. The van der Waals surface area contributed by atoms with Crippen LogP contribution in [-0.2, 0) is 30.7 Å². The van der Waals surface area contributed by atoms with Crippen molar-refractivity contribution in [1.82, 2.24) is 20.1 Å². The maximum atomic E-state index is 13.0. The van der Waals surface area contributed by atoms with E-state index in [-0.39, 0.29) is 17.9 Å².